The average Bonchev–Trinajstić information content (AvgIpc) is 3.09. The van der Waals surface area contributed by atoms with Crippen LogP contribution >= 0.6 is 15.9 Å². The highest BCUT2D eigenvalue weighted by molar-refractivity contribution is 9.10. The van der Waals surface area contributed by atoms with Crippen LogP contribution in [0.4, 0.5) is 0 Å². The summed E-state index contributed by atoms with van der Waals surface area (Å²) in [5.41, 5.74) is 6.70. The van der Waals surface area contributed by atoms with Gasteiger partial charge in [0.25, 0.3) is 0 Å². The van der Waals surface area contributed by atoms with E-state index in [0.717, 1.165) is 22.9 Å². The Morgan fingerprint density at radius 1 is 1.56 bits per heavy atom. The minimum atomic E-state index is -0.438. The monoisotopic (exact) mass is 283 g/mol. The van der Waals surface area contributed by atoms with Crippen molar-refractivity contribution in [2.24, 2.45) is 11.7 Å². The maximum atomic E-state index is 11.5. The topological polar surface area (TPSA) is 52.3 Å². The van der Waals surface area contributed by atoms with E-state index in [-0.39, 0.29) is 5.97 Å². The second-order valence-corrected chi connectivity index (χ2v) is 5.02. The van der Waals surface area contributed by atoms with Crippen LogP contribution in [0.25, 0.3) is 0 Å². The molecule has 0 aromatic heterocycles. The van der Waals surface area contributed by atoms with Crippen LogP contribution in [0.15, 0.2) is 28.7 Å². The van der Waals surface area contributed by atoms with Crippen molar-refractivity contribution in [2.75, 3.05) is 0 Å². The quantitative estimate of drug-likeness (QED) is 0.863. The van der Waals surface area contributed by atoms with Crippen LogP contribution in [0, 0.1) is 5.92 Å². The van der Waals surface area contributed by atoms with Crippen molar-refractivity contribution in [3.05, 3.63) is 34.3 Å². The molecule has 0 amide bonds. The second-order valence-electron chi connectivity index (χ2n) is 4.10. The molecule has 1 aromatic carbocycles. The summed E-state index contributed by atoms with van der Waals surface area (Å²) in [6, 6.07) is 7.25. The molecule has 16 heavy (non-hydrogen) atoms. The van der Waals surface area contributed by atoms with Gasteiger partial charge < -0.3 is 10.5 Å². The van der Waals surface area contributed by atoms with Gasteiger partial charge in [-0.2, -0.15) is 0 Å². The van der Waals surface area contributed by atoms with Gasteiger partial charge in [-0.15, -0.1) is 0 Å². The normalized spacial score (nSPS) is 16.9. The van der Waals surface area contributed by atoms with E-state index >= 15 is 0 Å². The molecule has 2 N–H and O–H groups in total. The molecule has 86 valence electrons. The first-order chi connectivity index (χ1) is 7.66. The molecule has 1 unspecified atom stereocenters. The minimum Gasteiger partial charge on any atom is -0.460 e. The molecule has 1 aliphatic carbocycles. The fraction of sp³-hybridized carbons (Fsp3) is 0.417. The number of esters is 1. The van der Waals surface area contributed by atoms with Gasteiger partial charge in [-0.3, -0.25) is 4.79 Å². The van der Waals surface area contributed by atoms with E-state index in [1.165, 1.54) is 0 Å². The predicted octanol–water partition coefficient (Wildman–Crippen LogP) is 2.23. The first-order valence-electron chi connectivity index (χ1n) is 5.33. The molecule has 0 aliphatic heterocycles. The molecular formula is C12H14BrNO2. The molecule has 2 rings (SSSR count). The zero-order valence-corrected chi connectivity index (χ0v) is 10.4. The van der Waals surface area contributed by atoms with Gasteiger partial charge in [-0.25, -0.2) is 0 Å². The maximum absolute atomic E-state index is 11.5. The lowest BCUT2D eigenvalue weighted by atomic mass is 10.2. The zero-order chi connectivity index (χ0) is 11.5. The summed E-state index contributed by atoms with van der Waals surface area (Å²) < 4.78 is 6.14. The third-order valence-electron chi connectivity index (χ3n) is 2.67. The molecule has 0 heterocycles. The van der Waals surface area contributed by atoms with Gasteiger partial charge in [0.05, 0.1) is 0 Å². The second kappa shape index (κ2) is 4.97. The molecular weight excluding hydrogens is 270 g/mol. The number of rotatable bonds is 4. The van der Waals surface area contributed by atoms with E-state index in [1.54, 1.807) is 0 Å². The Hall–Kier alpha value is -0.870. The smallest absolute Gasteiger partial charge is 0.323 e. The van der Waals surface area contributed by atoms with Crippen LogP contribution in [-0.4, -0.2) is 12.0 Å². The van der Waals surface area contributed by atoms with Crippen molar-refractivity contribution in [1.82, 2.24) is 0 Å². The molecule has 0 spiro atoms. The van der Waals surface area contributed by atoms with Gasteiger partial charge in [-0.05, 0) is 36.5 Å². The van der Waals surface area contributed by atoms with Gasteiger partial charge in [-0.1, -0.05) is 28.1 Å². The zero-order valence-electron chi connectivity index (χ0n) is 8.86. The molecule has 1 aliphatic rings. The molecule has 0 bridgehead atoms. The Morgan fingerprint density at radius 2 is 2.31 bits per heavy atom. The number of carbonyl (C=O) groups excluding carboxylic acids is 1. The van der Waals surface area contributed by atoms with Crippen molar-refractivity contribution in [3.8, 4) is 0 Å². The summed E-state index contributed by atoms with van der Waals surface area (Å²) in [5.74, 6) is 0.0532. The van der Waals surface area contributed by atoms with Crippen LogP contribution < -0.4 is 5.73 Å². The fourth-order valence-corrected chi connectivity index (χ4v) is 1.97. The van der Waals surface area contributed by atoms with Crippen LogP contribution in [0.1, 0.15) is 18.4 Å². The number of hydrogen-bond acceptors (Lipinski definition) is 3. The summed E-state index contributed by atoms with van der Waals surface area (Å²) in [7, 11) is 0. The molecule has 0 saturated heterocycles. The number of halogens is 1. The number of ether oxygens (including phenoxy) is 1. The summed E-state index contributed by atoms with van der Waals surface area (Å²) in [6.07, 6.45) is 2.10. The van der Waals surface area contributed by atoms with E-state index in [0.29, 0.717) is 12.5 Å². The van der Waals surface area contributed by atoms with Crippen molar-refractivity contribution >= 4 is 21.9 Å². The number of hydrogen-bond donors (Lipinski definition) is 1. The Labute approximate surface area is 103 Å². The summed E-state index contributed by atoms with van der Waals surface area (Å²) in [6.45, 7) is 0.290. The van der Waals surface area contributed by atoms with E-state index in [9.17, 15) is 4.79 Å². The van der Waals surface area contributed by atoms with E-state index in [2.05, 4.69) is 15.9 Å². The lowest BCUT2D eigenvalue weighted by molar-refractivity contribution is -0.147. The number of carbonyl (C=O) groups is 1. The van der Waals surface area contributed by atoms with E-state index in [4.69, 9.17) is 10.5 Å². The highest BCUT2D eigenvalue weighted by Gasteiger charge is 2.34. The number of nitrogens with two attached hydrogens (primary N) is 1. The number of benzene rings is 1. The highest BCUT2D eigenvalue weighted by atomic mass is 79.9. The standard InChI is InChI=1S/C12H14BrNO2/c13-10-3-1-2-8(6-10)7-16-12(15)11(14)9-4-5-9/h1-3,6,9,11H,4-5,7,14H2. The van der Waals surface area contributed by atoms with Gasteiger partial charge in [0, 0.05) is 4.47 Å². The summed E-state index contributed by atoms with van der Waals surface area (Å²) >= 11 is 3.37. The highest BCUT2D eigenvalue weighted by Crippen LogP contribution is 2.32. The third-order valence-corrected chi connectivity index (χ3v) is 3.17. The maximum Gasteiger partial charge on any atom is 0.323 e. The molecule has 3 nitrogen and oxygen atoms in total. The van der Waals surface area contributed by atoms with Gasteiger partial charge in [0.1, 0.15) is 12.6 Å². The predicted molar refractivity (Wildman–Crippen MR) is 64.6 cm³/mol. The summed E-state index contributed by atoms with van der Waals surface area (Å²) in [5, 5.41) is 0. The fourth-order valence-electron chi connectivity index (χ4n) is 1.53. The molecule has 0 radical (unpaired) electrons. The van der Waals surface area contributed by atoms with Crippen LogP contribution in [0.2, 0.25) is 0 Å². The third kappa shape index (κ3) is 3.06. The van der Waals surface area contributed by atoms with Crippen molar-refractivity contribution in [1.29, 1.82) is 0 Å². The molecule has 1 atom stereocenters. The van der Waals surface area contributed by atoms with E-state index in [1.807, 2.05) is 24.3 Å². The first kappa shape index (κ1) is 11.6. The van der Waals surface area contributed by atoms with Crippen LogP contribution in [0.3, 0.4) is 0 Å². The van der Waals surface area contributed by atoms with E-state index < -0.39 is 6.04 Å². The van der Waals surface area contributed by atoms with Crippen molar-refractivity contribution in [3.63, 3.8) is 0 Å². The molecule has 1 aromatic rings. The average molecular weight is 284 g/mol. The Morgan fingerprint density at radius 3 is 2.94 bits per heavy atom. The molecule has 1 fully saturated rings. The first-order valence-corrected chi connectivity index (χ1v) is 6.13. The van der Waals surface area contributed by atoms with Crippen LogP contribution in [0.5, 0.6) is 0 Å². The molecule has 1 saturated carbocycles. The van der Waals surface area contributed by atoms with Gasteiger partial charge in [0.15, 0.2) is 0 Å². The Balaban J connectivity index is 1.84. The summed E-state index contributed by atoms with van der Waals surface area (Å²) in [4.78, 5) is 11.5. The SMILES string of the molecule is NC(C(=O)OCc1cccc(Br)c1)C1CC1. The van der Waals surface area contributed by atoms with Crippen molar-refractivity contribution < 1.29 is 9.53 Å². The molecule has 4 heteroatoms. The van der Waals surface area contributed by atoms with Crippen LogP contribution in [-0.2, 0) is 16.1 Å². The largest absolute Gasteiger partial charge is 0.460 e. The van der Waals surface area contributed by atoms with Crippen molar-refractivity contribution in [2.45, 2.75) is 25.5 Å². The lowest BCUT2D eigenvalue weighted by Crippen LogP contribution is -2.34. The van der Waals surface area contributed by atoms with Gasteiger partial charge in [0.2, 0.25) is 0 Å². The minimum absolute atomic E-state index is 0.289. The lowest BCUT2D eigenvalue weighted by Gasteiger charge is -2.10. The van der Waals surface area contributed by atoms with Gasteiger partial charge >= 0.3 is 5.97 Å². The Bertz CT molecular complexity index is 390. The Kier molecular flexibility index (Phi) is 3.61.